The second-order valence-electron chi connectivity index (χ2n) is 4.01. The molecule has 2 aromatic heterocycles. The van der Waals surface area contributed by atoms with Gasteiger partial charge in [0.05, 0.1) is 25.5 Å². The van der Waals surface area contributed by atoms with E-state index in [0.29, 0.717) is 17.7 Å². The highest BCUT2D eigenvalue weighted by molar-refractivity contribution is 5.68. The van der Waals surface area contributed by atoms with Gasteiger partial charge in [-0.25, -0.2) is 9.97 Å². The Kier molecular flexibility index (Phi) is 2.40. The Bertz CT molecular complexity index is 613. The highest BCUT2D eigenvalue weighted by atomic mass is 16.5. The number of imidazole rings is 1. The van der Waals surface area contributed by atoms with E-state index < -0.39 is 0 Å². The normalized spacial score (nSPS) is 19.4. The van der Waals surface area contributed by atoms with Crippen molar-refractivity contribution < 1.29 is 4.74 Å². The molecule has 6 heteroatoms. The van der Waals surface area contributed by atoms with Gasteiger partial charge in [0.2, 0.25) is 0 Å². The van der Waals surface area contributed by atoms with Crippen LogP contribution >= 0.6 is 0 Å². The highest BCUT2D eigenvalue weighted by Crippen LogP contribution is 2.14. The molecule has 0 amide bonds. The van der Waals surface area contributed by atoms with Crippen molar-refractivity contribution in [3.63, 3.8) is 0 Å². The van der Waals surface area contributed by atoms with Gasteiger partial charge in [-0.2, -0.15) is 0 Å². The first-order valence-corrected chi connectivity index (χ1v) is 5.53. The van der Waals surface area contributed by atoms with E-state index in [0.717, 1.165) is 12.8 Å². The molecule has 3 heterocycles. The average molecular weight is 232 g/mol. The molecule has 1 aliphatic heterocycles. The maximum absolute atomic E-state index is 11.7. The van der Waals surface area contributed by atoms with Gasteiger partial charge in [-0.15, -0.1) is 0 Å². The zero-order valence-electron chi connectivity index (χ0n) is 9.17. The third-order valence-electron chi connectivity index (χ3n) is 2.84. The molecular formula is C11H12N4O2. The third kappa shape index (κ3) is 1.82. The largest absolute Gasteiger partial charge is 0.496 e. The first kappa shape index (κ1) is 10.1. The molecule has 1 N–H and O–H groups in total. The van der Waals surface area contributed by atoms with Gasteiger partial charge in [0.1, 0.15) is 6.10 Å². The number of allylic oxidation sites excluding steroid dienone is 1. The molecule has 0 aromatic carbocycles. The minimum atomic E-state index is -0.168. The molecule has 0 fully saturated rings. The van der Waals surface area contributed by atoms with Gasteiger partial charge in [0.15, 0.2) is 11.2 Å². The summed E-state index contributed by atoms with van der Waals surface area (Å²) in [7, 11) is 0. The van der Waals surface area contributed by atoms with Gasteiger partial charge in [0.25, 0.3) is 5.56 Å². The Morgan fingerprint density at radius 2 is 2.47 bits per heavy atom. The highest BCUT2D eigenvalue weighted by Gasteiger charge is 2.15. The van der Waals surface area contributed by atoms with Crippen LogP contribution in [0.2, 0.25) is 0 Å². The molecule has 0 radical (unpaired) electrons. The fourth-order valence-corrected chi connectivity index (χ4v) is 2.00. The predicted molar refractivity (Wildman–Crippen MR) is 61.4 cm³/mol. The van der Waals surface area contributed by atoms with E-state index in [1.165, 1.54) is 6.33 Å². The lowest BCUT2D eigenvalue weighted by Crippen LogP contribution is -2.21. The Morgan fingerprint density at radius 3 is 3.29 bits per heavy atom. The summed E-state index contributed by atoms with van der Waals surface area (Å²) in [5.41, 5.74) is 0.810. The zero-order valence-corrected chi connectivity index (χ0v) is 9.17. The molecule has 2 aromatic rings. The summed E-state index contributed by atoms with van der Waals surface area (Å²) >= 11 is 0. The lowest BCUT2D eigenvalue weighted by molar-refractivity contribution is 0.108. The number of nitrogens with zero attached hydrogens (tertiary/aromatic N) is 3. The molecule has 0 aliphatic carbocycles. The lowest BCUT2D eigenvalue weighted by Gasteiger charge is -2.19. The van der Waals surface area contributed by atoms with Crippen molar-refractivity contribution >= 4 is 11.2 Å². The quantitative estimate of drug-likeness (QED) is 0.831. The Balaban J connectivity index is 1.95. The van der Waals surface area contributed by atoms with Crippen molar-refractivity contribution in [3.05, 3.63) is 35.3 Å². The van der Waals surface area contributed by atoms with Crippen molar-refractivity contribution in [1.29, 1.82) is 0 Å². The molecule has 0 saturated carbocycles. The molecule has 1 unspecified atom stereocenters. The van der Waals surface area contributed by atoms with E-state index in [-0.39, 0.29) is 11.7 Å². The van der Waals surface area contributed by atoms with Crippen LogP contribution in [0.4, 0.5) is 0 Å². The number of hydrogen-bond donors (Lipinski definition) is 1. The summed E-state index contributed by atoms with van der Waals surface area (Å²) in [6.45, 7) is 0.621. The second-order valence-corrected chi connectivity index (χ2v) is 4.01. The van der Waals surface area contributed by atoms with E-state index in [1.807, 2.05) is 6.08 Å². The Labute approximate surface area is 97.0 Å². The third-order valence-corrected chi connectivity index (χ3v) is 2.84. The topological polar surface area (TPSA) is 72.8 Å². The molecule has 1 aliphatic rings. The van der Waals surface area contributed by atoms with E-state index in [9.17, 15) is 4.79 Å². The molecule has 3 rings (SSSR count). The van der Waals surface area contributed by atoms with Gasteiger partial charge in [-0.1, -0.05) is 0 Å². The zero-order chi connectivity index (χ0) is 11.7. The van der Waals surface area contributed by atoms with Gasteiger partial charge in [-0.3, -0.25) is 4.79 Å². The number of rotatable bonds is 2. The monoisotopic (exact) mass is 232 g/mol. The standard InChI is InChI=1S/C11H12N4O2/c16-11-9-10(12-6-13-11)14-7-15(9)5-8-3-1-2-4-17-8/h2,4,6-8H,1,3,5H2,(H,12,13,16). The minimum absolute atomic E-state index is 0.0945. The van der Waals surface area contributed by atoms with Crippen LogP contribution in [0.1, 0.15) is 12.8 Å². The molecule has 0 bridgehead atoms. The number of ether oxygens (including phenoxy) is 1. The first-order chi connectivity index (χ1) is 8.34. The Morgan fingerprint density at radius 1 is 1.53 bits per heavy atom. The number of fused-ring (bicyclic) bond motifs is 1. The van der Waals surface area contributed by atoms with E-state index in [2.05, 4.69) is 15.0 Å². The van der Waals surface area contributed by atoms with Crippen molar-refractivity contribution in [2.75, 3.05) is 0 Å². The molecule has 6 nitrogen and oxygen atoms in total. The summed E-state index contributed by atoms with van der Waals surface area (Å²) in [6.07, 6.45) is 8.76. The van der Waals surface area contributed by atoms with Gasteiger partial charge in [0, 0.05) is 0 Å². The summed E-state index contributed by atoms with van der Waals surface area (Å²) < 4.78 is 7.27. The fraction of sp³-hybridized carbons (Fsp3) is 0.364. The second kappa shape index (κ2) is 4.04. The minimum Gasteiger partial charge on any atom is -0.496 e. The van der Waals surface area contributed by atoms with Crippen molar-refractivity contribution in [3.8, 4) is 0 Å². The number of nitrogens with one attached hydrogen (secondary N) is 1. The van der Waals surface area contributed by atoms with Crippen molar-refractivity contribution in [2.45, 2.75) is 25.5 Å². The van der Waals surface area contributed by atoms with E-state index in [1.54, 1.807) is 17.2 Å². The molecule has 0 spiro atoms. The molecule has 0 saturated heterocycles. The summed E-state index contributed by atoms with van der Waals surface area (Å²) in [5, 5.41) is 0. The predicted octanol–water partition coefficient (Wildman–Crippen LogP) is 0.812. The van der Waals surface area contributed by atoms with Crippen molar-refractivity contribution in [1.82, 2.24) is 19.5 Å². The first-order valence-electron chi connectivity index (χ1n) is 5.53. The summed E-state index contributed by atoms with van der Waals surface area (Å²) in [5.74, 6) is 0. The number of aromatic amines is 1. The molecular weight excluding hydrogens is 220 g/mol. The number of H-pyrrole nitrogens is 1. The molecule has 17 heavy (non-hydrogen) atoms. The molecule has 88 valence electrons. The average Bonchev–Trinajstić information content (AvgIpc) is 2.75. The summed E-state index contributed by atoms with van der Waals surface area (Å²) in [4.78, 5) is 22.4. The van der Waals surface area contributed by atoms with Gasteiger partial charge < -0.3 is 14.3 Å². The Hall–Kier alpha value is -2.11. The summed E-state index contributed by atoms with van der Waals surface area (Å²) in [6, 6.07) is 0. The molecule has 1 atom stereocenters. The van der Waals surface area contributed by atoms with Crippen LogP contribution in [0.25, 0.3) is 11.2 Å². The van der Waals surface area contributed by atoms with E-state index in [4.69, 9.17) is 4.74 Å². The lowest BCUT2D eigenvalue weighted by atomic mass is 10.1. The maximum Gasteiger partial charge on any atom is 0.276 e. The van der Waals surface area contributed by atoms with Crippen LogP contribution in [-0.4, -0.2) is 25.6 Å². The van der Waals surface area contributed by atoms with Crippen LogP contribution in [0.15, 0.2) is 29.8 Å². The van der Waals surface area contributed by atoms with Crippen LogP contribution in [0.3, 0.4) is 0 Å². The van der Waals surface area contributed by atoms with Crippen LogP contribution in [-0.2, 0) is 11.3 Å². The smallest absolute Gasteiger partial charge is 0.276 e. The number of aromatic nitrogens is 4. The van der Waals surface area contributed by atoms with E-state index >= 15 is 0 Å². The van der Waals surface area contributed by atoms with Gasteiger partial charge >= 0.3 is 0 Å². The fourth-order valence-electron chi connectivity index (χ4n) is 2.00. The SMILES string of the molecule is O=c1[nH]cnc2ncn(CC3CCC=CO3)c12. The maximum atomic E-state index is 11.7. The van der Waals surface area contributed by atoms with Crippen LogP contribution < -0.4 is 5.56 Å². The van der Waals surface area contributed by atoms with Crippen molar-refractivity contribution in [2.24, 2.45) is 0 Å². The van der Waals surface area contributed by atoms with Crippen LogP contribution in [0.5, 0.6) is 0 Å². The number of hydrogen-bond acceptors (Lipinski definition) is 4. The van der Waals surface area contributed by atoms with Crippen LogP contribution in [0, 0.1) is 0 Å². The van der Waals surface area contributed by atoms with Gasteiger partial charge in [-0.05, 0) is 18.9 Å².